The fourth-order valence-corrected chi connectivity index (χ4v) is 4.77. The lowest BCUT2D eigenvalue weighted by molar-refractivity contribution is 0.0210. The van der Waals surface area contributed by atoms with E-state index in [2.05, 4.69) is 10.2 Å². The Morgan fingerprint density at radius 2 is 2.00 bits per heavy atom. The van der Waals surface area contributed by atoms with E-state index in [-0.39, 0.29) is 0 Å². The van der Waals surface area contributed by atoms with Crippen LogP contribution in [0.3, 0.4) is 0 Å². The molecule has 1 N–H and O–H groups in total. The van der Waals surface area contributed by atoms with Crippen LogP contribution in [0.1, 0.15) is 44.9 Å². The molecule has 0 aromatic carbocycles. The summed E-state index contributed by atoms with van der Waals surface area (Å²) >= 11 is 6.26. The summed E-state index contributed by atoms with van der Waals surface area (Å²) in [6.07, 6.45) is 9.75. The van der Waals surface area contributed by atoms with Gasteiger partial charge in [0.05, 0.1) is 0 Å². The maximum Gasteiger partial charge on any atom is 0.0266 e. The molecule has 0 saturated carbocycles. The Hall–Kier alpha value is 0.210. The Morgan fingerprint density at radius 1 is 1.11 bits per heavy atom. The summed E-state index contributed by atoms with van der Waals surface area (Å²) in [5.74, 6) is 2.46. The molecule has 2 nitrogen and oxygen atoms in total. The van der Waals surface area contributed by atoms with Crippen molar-refractivity contribution < 1.29 is 0 Å². The van der Waals surface area contributed by atoms with E-state index in [0.29, 0.717) is 0 Å². The standard InChI is InChI=1S/C15H27ClN2/c16-10-12-9-13(14-5-1-3-7-17-14)11-18-8-4-2-6-15(12)18/h12-15,17H,1-11H2. The molecule has 18 heavy (non-hydrogen) atoms. The van der Waals surface area contributed by atoms with Gasteiger partial charge in [-0.25, -0.2) is 0 Å². The van der Waals surface area contributed by atoms with E-state index in [1.807, 2.05) is 0 Å². The van der Waals surface area contributed by atoms with Gasteiger partial charge in [-0.3, -0.25) is 4.90 Å². The number of nitrogens with one attached hydrogen (secondary N) is 1. The minimum absolute atomic E-state index is 0.745. The summed E-state index contributed by atoms with van der Waals surface area (Å²) in [5, 5.41) is 3.76. The van der Waals surface area contributed by atoms with Crippen molar-refractivity contribution in [1.29, 1.82) is 0 Å². The smallest absolute Gasteiger partial charge is 0.0266 e. The number of hydrogen-bond donors (Lipinski definition) is 1. The van der Waals surface area contributed by atoms with Crippen molar-refractivity contribution in [3.8, 4) is 0 Å². The SMILES string of the molecule is ClCC1CC(C2CCCCN2)CN2CCCCC12. The molecule has 3 saturated heterocycles. The van der Waals surface area contributed by atoms with Gasteiger partial charge in [0.2, 0.25) is 0 Å². The first-order chi connectivity index (χ1) is 8.88. The van der Waals surface area contributed by atoms with Gasteiger partial charge in [0.15, 0.2) is 0 Å². The molecule has 0 radical (unpaired) electrons. The maximum absolute atomic E-state index is 6.26. The zero-order valence-electron chi connectivity index (χ0n) is 11.4. The molecule has 0 aliphatic carbocycles. The van der Waals surface area contributed by atoms with Crippen LogP contribution in [0.25, 0.3) is 0 Å². The third-order valence-corrected chi connectivity index (χ3v) is 5.79. The van der Waals surface area contributed by atoms with Gasteiger partial charge in [-0.05, 0) is 57.0 Å². The van der Waals surface area contributed by atoms with Crippen LogP contribution >= 0.6 is 11.6 Å². The number of rotatable bonds is 2. The average molecular weight is 271 g/mol. The van der Waals surface area contributed by atoms with E-state index in [4.69, 9.17) is 11.6 Å². The van der Waals surface area contributed by atoms with Crippen molar-refractivity contribution in [1.82, 2.24) is 10.2 Å². The highest BCUT2D eigenvalue weighted by molar-refractivity contribution is 6.18. The van der Waals surface area contributed by atoms with Crippen LogP contribution in [0.5, 0.6) is 0 Å². The number of hydrogen-bond acceptors (Lipinski definition) is 2. The lowest BCUT2D eigenvalue weighted by Gasteiger charge is -2.49. The van der Waals surface area contributed by atoms with Gasteiger partial charge in [-0.15, -0.1) is 11.6 Å². The van der Waals surface area contributed by atoms with Crippen LogP contribution in [0.4, 0.5) is 0 Å². The average Bonchev–Trinajstić information content (AvgIpc) is 2.47. The Balaban J connectivity index is 1.65. The van der Waals surface area contributed by atoms with E-state index in [0.717, 1.165) is 29.8 Å². The summed E-state index contributed by atoms with van der Waals surface area (Å²) in [4.78, 5) is 2.76. The molecule has 104 valence electrons. The Kier molecular flexibility index (Phi) is 4.48. The van der Waals surface area contributed by atoms with Crippen LogP contribution in [-0.2, 0) is 0 Å². The summed E-state index contributed by atoms with van der Waals surface area (Å²) in [5.41, 5.74) is 0. The highest BCUT2D eigenvalue weighted by Crippen LogP contribution is 2.36. The number of nitrogens with zero attached hydrogens (tertiary/aromatic N) is 1. The second-order valence-electron chi connectivity index (χ2n) is 6.52. The van der Waals surface area contributed by atoms with Crippen molar-refractivity contribution in [3.05, 3.63) is 0 Å². The third-order valence-electron chi connectivity index (χ3n) is 5.40. The molecule has 4 atom stereocenters. The molecule has 0 amide bonds. The third kappa shape index (κ3) is 2.71. The predicted molar refractivity (Wildman–Crippen MR) is 77.2 cm³/mol. The van der Waals surface area contributed by atoms with Gasteiger partial charge in [0.25, 0.3) is 0 Å². The monoisotopic (exact) mass is 270 g/mol. The molecular formula is C15H27ClN2. The molecule has 3 heteroatoms. The molecule has 3 heterocycles. The van der Waals surface area contributed by atoms with Crippen LogP contribution < -0.4 is 5.32 Å². The quantitative estimate of drug-likeness (QED) is 0.777. The first-order valence-electron chi connectivity index (χ1n) is 7.92. The minimum atomic E-state index is 0.745. The second-order valence-corrected chi connectivity index (χ2v) is 6.83. The molecule has 0 spiro atoms. The lowest BCUT2D eigenvalue weighted by atomic mass is 9.76. The van der Waals surface area contributed by atoms with Crippen molar-refractivity contribution in [2.45, 2.75) is 57.0 Å². The van der Waals surface area contributed by atoms with E-state index >= 15 is 0 Å². The predicted octanol–water partition coefficient (Wildman–Crippen LogP) is 2.86. The molecule has 3 aliphatic heterocycles. The Bertz CT molecular complexity index is 257. The van der Waals surface area contributed by atoms with Gasteiger partial charge in [0, 0.05) is 24.5 Å². The zero-order chi connectivity index (χ0) is 12.4. The number of piperidine rings is 3. The van der Waals surface area contributed by atoms with Gasteiger partial charge in [-0.2, -0.15) is 0 Å². The van der Waals surface area contributed by atoms with Crippen molar-refractivity contribution in [3.63, 3.8) is 0 Å². The zero-order valence-corrected chi connectivity index (χ0v) is 12.2. The van der Waals surface area contributed by atoms with Gasteiger partial charge < -0.3 is 5.32 Å². The van der Waals surface area contributed by atoms with Crippen molar-refractivity contribution >= 4 is 11.6 Å². The van der Waals surface area contributed by atoms with E-state index in [9.17, 15) is 0 Å². The van der Waals surface area contributed by atoms with Crippen LogP contribution in [-0.4, -0.2) is 42.5 Å². The largest absolute Gasteiger partial charge is 0.314 e. The first kappa shape index (κ1) is 13.2. The Morgan fingerprint density at radius 3 is 2.78 bits per heavy atom. The molecule has 4 unspecified atom stereocenters. The highest BCUT2D eigenvalue weighted by Gasteiger charge is 2.39. The van der Waals surface area contributed by atoms with Gasteiger partial charge in [0.1, 0.15) is 0 Å². The summed E-state index contributed by atoms with van der Waals surface area (Å²) in [6, 6.07) is 1.57. The van der Waals surface area contributed by atoms with Crippen molar-refractivity contribution in [2.75, 3.05) is 25.5 Å². The molecule has 0 aromatic heterocycles. The topological polar surface area (TPSA) is 15.3 Å². The normalized spacial score (nSPS) is 42.5. The minimum Gasteiger partial charge on any atom is -0.314 e. The maximum atomic E-state index is 6.26. The van der Waals surface area contributed by atoms with Crippen LogP contribution in [0, 0.1) is 11.8 Å². The van der Waals surface area contributed by atoms with Crippen LogP contribution in [0.15, 0.2) is 0 Å². The number of fused-ring (bicyclic) bond motifs is 1. The summed E-state index contributed by atoms with van der Waals surface area (Å²) < 4.78 is 0. The van der Waals surface area contributed by atoms with E-state index in [1.165, 1.54) is 64.6 Å². The van der Waals surface area contributed by atoms with Crippen molar-refractivity contribution in [2.24, 2.45) is 11.8 Å². The molecule has 0 aromatic rings. The fourth-order valence-electron chi connectivity index (χ4n) is 4.44. The first-order valence-corrected chi connectivity index (χ1v) is 8.45. The molecular weight excluding hydrogens is 244 g/mol. The van der Waals surface area contributed by atoms with Gasteiger partial charge >= 0.3 is 0 Å². The van der Waals surface area contributed by atoms with E-state index < -0.39 is 0 Å². The fraction of sp³-hybridized carbons (Fsp3) is 1.00. The summed E-state index contributed by atoms with van der Waals surface area (Å²) in [7, 11) is 0. The molecule has 3 rings (SSSR count). The highest BCUT2D eigenvalue weighted by atomic mass is 35.5. The van der Waals surface area contributed by atoms with Gasteiger partial charge in [-0.1, -0.05) is 12.8 Å². The second kappa shape index (κ2) is 6.11. The van der Waals surface area contributed by atoms with E-state index in [1.54, 1.807) is 0 Å². The lowest BCUT2D eigenvalue weighted by Crippen LogP contribution is -2.56. The molecule has 3 aliphatic rings. The number of alkyl halides is 1. The Labute approximate surface area is 116 Å². The summed E-state index contributed by atoms with van der Waals surface area (Å²) in [6.45, 7) is 3.88. The number of halogens is 1. The molecule has 0 bridgehead atoms. The molecule has 3 fully saturated rings. The van der Waals surface area contributed by atoms with Crippen LogP contribution in [0.2, 0.25) is 0 Å².